The van der Waals surface area contributed by atoms with Crippen LogP contribution in [0.25, 0.3) is 15.9 Å². The fraction of sp³-hybridized carbons (Fsp3) is 0.294. The van der Waals surface area contributed by atoms with Crippen LogP contribution in [0.3, 0.4) is 0 Å². The Morgan fingerprint density at radius 2 is 2.17 bits per heavy atom. The summed E-state index contributed by atoms with van der Waals surface area (Å²) in [6.07, 6.45) is 0. The second-order valence-electron chi connectivity index (χ2n) is 5.61. The van der Waals surface area contributed by atoms with Gasteiger partial charge in [0, 0.05) is 25.5 Å². The van der Waals surface area contributed by atoms with E-state index in [1.54, 1.807) is 4.90 Å². The number of likely N-dealkylation sites (N-methyl/N-ethyl adjacent to an activating group) is 2. The van der Waals surface area contributed by atoms with Crippen LogP contribution in [0.4, 0.5) is 0 Å². The molecule has 1 N–H and O–H groups in total. The second-order valence-corrected chi connectivity index (χ2v) is 7.05. The topological polar surface area (TPSA) is 50.2 Å². The number of para-hydroxylation sites is 1. The largest absolute Gasteiger partial charge is 0.340 e. The van der Waals surface area contributed by atoms with Crippen LogP contribution in [0, 0.1) is 6.92 Å². The van der Waals surface area contributed by atoms with Crippen molar-refractivity contribution in [3.05, 3.63) is 45.9 Å². The van der Waals surface area contributed by atoms with Gasteiger partial charge in [0.2, 0.25) is 0 Å². The van der Waals surface area contributed by atoms with Crippen LogP contribution in [0.15, 0.2) is 30.3 Å². The Bertz CT molecular complexity index is 886. The number of hydrogen-bond donors (Lipinski definition) is 1. The number of nitrogens with one attached hydrogen (secondary N) is 1. The van der Waals surface area contributed by atoms with Gasteiger partial charge in [0.05, 0.1) is 21.3 Å². The predicted octanol–water partition coefficient (Wildman–Crippen LogP) is 3.34. The van der Waals surface area contributed by atoms with E-state index in [-0.39, 0.29) is 5.91 Å². The van der Waals surface area contributed by atoms with E-state index in [4.69, 9.17) is 11.6 Å². The standard InChI is InChI=1S/C17H19ClN4OS/c1-11-12-10-15(16(23)21(3)9-8-19-2)24-17(12)22(20-11)14-7-5-4-6-13(14)18/h4-7,10,19H,8-9H2,1-3H3. The third-order valence-corrected chi connectivity index (χ3v) is 5.30. The summed E-state index contributed by atoms with van der Waals surface area (Å²) >= 11 is 7.76. The smallest absolute Gasteiger partial charge is 0.263 e. The van der Waals surface area contributed by atoms with Crippen molar-refractivity contribution in [2.75, 3.05) is 27.2 Å². The lowest BCUT2D eigenvalue weighted by Crippen LogP contribution is -2.32. The molecule has 3 aromatic rings. The average Bonchev–Trinajstić information content (AvgIpc) is 3.13. The van der Waals surface area contributed by atoms with Gasteiger partial charge in [0.25, 0.3) is 5.91 Å². The zero-order valence-corrected chi connectivity index (χ0v) is 15.4. The first kappa shape index (κ1) is 17.0. The molecule has 0 fully saturated rings. The molecule has 0 bridgehead atoms. The van der Waals surface area contributed by atoms with Gasteiger partial charge in [-0.1, -0.05) is 23.7 Å². The van der Waals surface area contributed by atoms with Gasteiger partial charge in [-0.3, -0.25) is 4.79 Å². The maximum Gasteiger partial charge on any atom is 0.263 e. The summed E-state index contributed by atoms with van der Waals surface area (Å²) < 4.78 is 1.82. The first-order chi connectivity index (χ1) is 11.5. The lowest BCUT2D eigenvalue weighted by atomic mass is 10.3. The van der Waals surface area contributed by atoms with Gasteiger partial charge in [-0.05, 0) is 32.2 Å². The number of halogens is 1. The quantitative estimate of drug-likeness (QED) is 0.757. The number of aryl methyl sites for hydroxylation is 1. The van der Waals surface area contributed by atoms with Gasteiger partial charge in [-0.25, -0.2) is 4.68 Å². The summed E-state index contributed by atoms with van der Waals surface area (Å²) in [6, 6.07) is 9.50. The molecule has 0 unspecified atom stereocenters. The number of benzene rings is 1. The van der Waals surface area contributed by atoms with Crippen molar-refractivity contribution in [2.24, 2.45) is 0 Å². The molecule has 0 aliphatic rings. The zero-order chi connectivity index (χ0) is 17.3. The van der Waals surface area contributed by atoms with E-state index in [9.17, 15) is 4.79 Å². The number of aromatic nitrogens is 2. The molecular formula is C17H19ClN4OS. The molecule has 7 heteroatoms. The maximum absolute atomic E-state index is 12.6. The minimum atomic E-state index is 0.0246. The minimum absolute atomic E-state index is 0.0246. The van der Waals surface area contributed by atoms with Gasteiger partial charge in [-0.15, -0.1) is 11.3 Å². The van der Waals surface area contributed by atoms with Crippen molar-refractivity contribution >= 4 is 39.1 Å². The Labute approximate surface area is 149 Å². The normalized spacial score (nSPS) is 11.2. The maximum atomic E-state index is 12.6. The Hall–Kier alpha value is -1.89. The van der Waals surface area contributed by atoms with Gasteiger partial charge in [0.1, 0.15) is 4.83 Å². The van der Waals surface area contributed by atoms with E-state index in [0.717, 1.165) is 28.1 Å². The molecule has 0 aliphatic heterocycles. The number of amides is 1. The molecule has 0 radical (unpaired) electrons. The molecule has 0 aliphatic carbocycles. The lowest BCUT2D eigenvalue weighted by Gasteiger charge is -2.15. The van der Waals surface area contributed by atoms with E-state index in [2.05, 4.69) is 10.4 Å². The fourth-order valence-electron chi connectivity index (χ4n) is 2.51. The number of carbonyl (C=O) groups is 1. The Kier molecular flexibility index (Phi) is 4.89. The van der Waals surface area contributed by atoms with Gasteiger partial charge in [-0.2, -0.15) is 5.10 Å². The van der Waals surface area contributed by atoms with Crippen molar-refractivity contribution in [3.8, 4) is 5.69 Å². The van der Waals surface area contributed by atoms with Crippen LogP contribution in [0.5, 0.6) is 0 Å². The molecular weight excluding hydrogens is 344 g/mol. The molecule has 0 saturated carbocycles. The third-order valence-electron chi connectivity index (χ3n) is 3.88. The van der Waals surface area contributed by atoms with Crippen molar-refractivity contribution in [1.82, 2.24) is 20.0 Å². The molecule has 0 saturated heterocycles. The van der Waals surface area contributed by atoms with Gasteiger partial charge >= 0.3 is 0 Å². The highest BCUT2D eigenvalue weighted by Crippen LogP contribution is 2.32. The van der Waals surface area contributed by atoms with Gasteiger partial charge < -0.3 is 10.2 Å². The summed E-state index contributed by atoms with van der Waals surface area (Å²) in [5.41, 5.74) is 1.71. The molecule has 2 heterocycles. The van der Waals surface area contributed by atoms with E-state index in [0.29, 0.717) is 16.4 Å². The Balaban J connectivity index is 2.02. The first-order valence-electron chi connectivity index (χ1n) is 7.67. The third kappa shape index (κ3) is 3.05. The summed E-state index contributed by atoms with van der Waals surface area (Å²) in [6.45, 7) is 3.38. The molecule has 0 atom stereocenters. The Morgan fingerprint density at radius 1 is 1.42 bits per heavy atom. The zero-order valence-electron chi connectivity index (χ0n) is 13.8. The Morgan fingerprint density at radius 3 is 2.88 bits per heavy atom. The monoisotopic (exact) mass is 362 g/mol. The van der Waals surface area contributed by atoms with Gasteiger partial charge in [0.15, 0.2) is 0 Å². The summed E-state index contributed by atoms with van der Waals surface area (Å²) in [5.74, 6) is 0.0246. The first-order valence-corrected chi connectivity index (χ1v) is 8.86. The predicted molar refractivity (Wildman–Crippen MR) is 99.6 cm³/mol. The van der Waals surface area contributed by atoms with Crippen LogP contribution in [0.2, 0.25) is 5.02 Å². The van der Waals surface area contributed by atoms with E-state index in [1.807, 2.05) is 56.0 Å². The van der Waals surface area contributed by atoms with Crippen molar-refractivity contribution in [3.63, 3.8) is 0 Å². The number of carbonyl (C=O) groups excluding carboxylic acids is 1. The van der Waals surface area contributed by atoms with E-state index < -0.39 is 0 Å². The van der Waals surface area contributed by atoms with Crippen molar-refractivity contribution in [2.45, 2.75) is 6.92 Å². The number of rotatable bonds is 5. The van der Waals surface area contributed by atoms with E-state index in [1.165, 1.54) is 11.3 Å². The summed E-state index contributed by atoms with van der Waals surface area (Å²) in [5, 5.41) is 9.26. The minimum Gasteiger partial charge on any atom is -0.340 e. The molecule has 126 valence electrons. The molecule has 24 heavy (non-hydrogen) atoms. The highest BCUT2D eigenvalue weighted by molar-refractivity contribution is 7.20. The SMILES string of the molecule is CNCCN(C)C(=O)c1cc2c(C)nn(-c3ccccc3Cl)c2s1. The molecule has 1 amide bonds. The van der Waals surface area contributed by atoms with Crippen molar-refractivity contribution in [1.29, 1.82) is 0 Å². The number of thiophene rings is 1. The van der Waals surface area contributed by atoms with Crippen LogP contribution >= 0.6 is 22.9 Å². The molecule has 5 nitrogen and oxygen atoms in total. The highest BCUT2D eigenvalue weighted by atomic mass is 35.5. The van der Waals surface area contributed by atoms with E-state index >= 15 is 0 Å². The number of fused-ring (bicyclic) bond motifs is 1. The molecule has 1 aromatic carbocycles. The van der Waals surface area contributed by atoms with Crippen molar-refractivity contribution < 1.29 is 4.79 Å². The van der Waals surface area contributed by atoms with Crippen LogP contribution in [-0.4, -0.2) is 47.8 Å². The summed E-state index contributed by atoms with van der Waals surface area (Å²) in [7, 11) is 3.69. The number of hydrogen-bond acceptors (Lipinski definition) is 4. The second kappa shape index (κ2) is 6.93. The van der Waals surface area contributed by atoms with Crippen LogP contribution < -0.4 is 5.32 Å². The molecule has 0 spiro atoms. The molecule has 2 aromatic heterocycles. The summed E-state index contributed by atoms with van der Waals surface area (Å²) in [4.78, 5) is 16.0. The fourth-order valence-corrected chi connectivity index (χ4v) is 3.89. The van der Waals surface area contributed by atoms with Crippen LogP contribution in [0.1, 0.15) is 15.4 Å². The number of nitrogens with zero attached hydrogens (tertiary/aromatic N) is 3. The molecule has 3 rings (SSSR count). The van der Waals surface area contributed by atoms with Crippen LogP contribution in [-0.2, 0) is 0 Å². The lowest BCUT2D eigenvalue weighted by molar-refractivity contribution is 0.0801. The average molecular weight is 363 g/mol. The highest BCUT2D eigenvalue weighted by Gasteiger charge is 2.20.